The first-order valence-electron chi connectivity index (χ1n) is 8.78. The van der Waals surface area contributed by atoms with Gasteiger partial charge in [-0.2, -0.15) is 0 Å². The SMILES string of the molecule is CC(C)(O)c1ccc(Oc2ccc(CC3CCNCC3)nc2)c(Br)c1. The maximum atomic E-state index is 10.1. The van der Waals surface area contributed by atoms with Gasteiger partial charge in [-0.05, 0) is 97.9 Å². The highest BCUT2D eigenvalue weighted by Gasteiger charge is 2.18. The van der Waals surface area contributed by atoms with E-state index in [2.05, 4.69) is 32.3 Å². The summed E-state index contributed by atoms with van der Waals surface area (Å²) in [7, 11) is 0. The van der Waals surface area contributed by atoms with Gasteiger partial charge < -0.3 is 15.2 Å². The maximum Gasteiger partial charge on any atom is 0.145 e. The first-order valence-corrected chi connectivity index (χ1v) is 9.57. The molecule has 25 heavy (non-hydrogen) atoms. The third-order valence-electron chi connectivity index (χ3n) is 4.62. The Morgan fingerprint density at radius 3 is 2.60 bits per heavy atom. The fourth-order valence-corrected chi connectivity index (χ4v) is 3.52. The van der Waals surface area contributed by atoms with E-state index >= 15 is 0 Å². The van der Waals surface area contributed by atoms with Crippen LogP contribution in [0.25, 0.3) is 0 Å². The summed E-state index contributed by atoms with van der Waals surface area (Å²) in [5.41, 5.74) is 1.08. The van der Waals surface area contributed by atoms with Crippen LogP contribution in [-0.2, 0) is 12.0 Å². The van der Waals surface area contributed by atoms with Crippen LogP contribution in [0.2, 0.25) is 0 Å². The number of hydrogen-bond donors (Lipinski definition) is 2. The lowest BCUT2D eigenvalue weighted by Crippen LogP contribution is -2.28. The minimum absolute atomic E-state index is 0.709. The molecule has 3 rings (SSSR count). The molecule has 134 valence electrons. The van der Waals surface area contributed by atoms with Gasteiger partial charge in [-0.15, -0.1) is 0 Å². The molecule has 2 N–H and O–H groups in total. The van der Waals surface area contributed by atoms with Crippen molar-refractivity contribution in [2.45, 2.75) is 38.7 Å². The second-order valence-electron chi connectivity index (χ2n) is 7.19. The van der Waals surface area contributed by atoms with E-state index in [1.54, 1.807) is 20.0 Å². The van der Waals surface area contributed by atoms with Crippen molar-refractivity contribution in [1.82, 2.24) is 10.3 Å². The summed E-state index contributed by atoms with van der Waals surface area (Å²) in [6.45, 7) is 5.75. The van der Waals surface area contributed by atoms with Crippen LogP contribution in [0, 0.1) is 5.92 Å². The third kappa shape index (κ3) is 5.03. The summed E-state index contributed by atoms with van der Waals surface area (Å²) in [5, 5.41) is 13.5. The maximum absolute atomic E-state index is 10.1. The fraction of sp³-hybridized carbons (Fsp3) is 0.450. The van der Waals surface area contributed by atoms with E-state index in [1.807, 2.05) is 24.3 Å². The lowest BCUT2D eigenvalue weighted by molar-refractivity contribution is 0.0785. The molecule has 2 heterocycles. The first kappa shape index (κ1) is 18.4. The Bertz CT molecular complexity index is 705. The van der Waals surface area contributed by atoms with E-state index in [9.17, 15) is 5.11 Å². The molecule has 0 unspecified atom stereocenters. The zero-order valence-electron chi connectivity index (χ0n) is 14.8. The molecule has 0 aliphatic carbocycles. The summed E-state index contributed by atoms with van der Waals surface area (Å²) in [6.07, 6.45) is 5.26. The number of aliphatic hydroxyl groups is 1. The minimum atomic E-state index is -0.876. The molecule has 1 aliphatic rings. The van der Waals surface area contributed by atoms with Crippen LogP contribution in [0.15, 0.2) is 41.0 Å². The Kier molecular flexibility index (Phi) is 5.77. The van der Waals surface area contributed by atoms with E-state index in [4.69, 9.17) is 4.74 Å². The van der Waals surface area contributed by atoms with Gasteiger partial charge in [0.2, 0.25) is 0 Å². The number of pyridine rings is 1. The molecule has 5 heteroatoms. The van der Waals surface area contributed by atoms with E-state index < -0.39 is 5.60 Å². The van der Waals surface area contributed by atoms with Crippen LogP contribution >= 0.6 is 15.9 Å². The van der Waals surface area contributed by atoms with Crippen LogP contribution in [0.4, 0.5) is 0 Å². The zero-order chi connectivity index (χ0) is 17.9. The van der Waals surface area contributed by atoms with Crippen LogP contribution in [0.1, 0.15) is 37.9 Å². The molecule has 1 saturated heterocycles. The Hall–Kier alpha value is -1.43. The molecule has 0 bridgehead atoms. The Balaban J connectivity index is 1.65. The normalized spacial score (nSPS) is 16.0. The van der Waals surface area contributed by atoms with Crippen molar-refractivity contribution in [3.8, 4) is 11.5 Å². The summed E-state index contributed by atoms with van der Waals surface area (Å²) in [4.78, 5) is 4.55. The summed E-state index contributed by atoms with van der Waals surface area (Å²) >= 11 is 3.51. The van der Waals surface area contributed by atoms with Crippen molar-refractivity contribution in [3.63, 3.8) is 0 Å². The molecule has 0 spiro atoms. The highest BCUT2D eigenvalue weighted by atomic mass is 79.9. The number of hydrogen-bond acceptors (Lipinski definition) is 4. The predicted molar refractivity (Wildman–Crippen MR) is 103 cm³/mol. The van der Waals surface area contributed by atoms with E-state index in [0.717, 1.165) is 41.2 Å². The predicted octanol–water partition coefficient (Wildman–Crippen LogP) is 4.41. The molecule has 4 nitrogen and oxygen atoms in total. The molecule has 1 fully saturated rings. The van der Waals surface area contributed by atoms with Gasteiger partial charge in [0, 0.05) is 5.69 Å². The third-order valence-corrected chi connectivity index (χ3v) is 5.24. The van der Waals surface area contributed by atoms with Gasteiger partial charge >= 0.3 is 0 Å². The molecular weight excluding hydrogens is 380 g/mol. The van der Waals surface area contributed by atoms with Crippen LogP contribution < -0.4 is 10.1 Å². The molecule has 1 aliphatic heterocycles. The zero-order valence-corrected chi connectivity index (χ0v) is 16.3. The number of nitrogens with zero attached hydrogens (tertiary/aromatic N) is 1. The van der Waals surface area contributed by atoms with Gasteiger partial charge in [0.1, 0.15) is 11.5 Å². The Morgan fingerprint density at radius 1 is 1.24 bits per heavy atom. The Labute approximate surface area is 157 Å². The molecule has 2 aromatic rings. The lowest BCUT2D eigenvalue weighted by atomic mass is 9.93. The van der Waals surface area contributed by atoms with Crippen molar-refractivity contribution in [2.75, 3.05) is 13.1 Å². The first-order chi connectivity index (χ1) is 11.9. The van der Waals surface area contributed by atoms with Gasteiger partial charge in [-0.3, -0.25) is 4.98 Å². The molecule has 0 amide bonds. The number of benzene rings is 1. The van der Waals surface area contributed by atoms with Gasteiger partial charge in [0.05, 0.1) is 16.3 Å². The van der Waals surface area contributed by atoms with Crippen LogP contribution in [0.5, 0.6) is 11.5 Å². The number of aromatic nitrogens is 1. The van der Waals surface area contributed by atoms with E-state index in [-0.39, 0.29) is 0 Å². The van der Waals surface area contributed by atoms with Crippen LogP contribution in [-0.4, -0.2) is 23.2 Å². The molecule has 0 atom stereocenters. The molecular formula is C20H25BrN2O2. The summed E-state index contributed by atoms with van der Waals surface area (Å²) in [6, 6.07) is 9.64. The number of ether oxygens (including phenoxy) is 1. The number of nitrogens with one attached hydrogen (secondary N) is 1. The smallest absolute Gasteiger partial charge is 0.145 e. The monoisotopic (exact) mass is 404 g/mol. The highest BCUT2D eigenvalue weighted by Crippen LogP contribution is 2.33. The van der Waals surface area contributed by atoms with E-state index in [1.165, 1.54) is 12.8 Å². The summed E-state index contributed by atoms with van der Waals surface area (Å²) < 4.78 is 6.73. The lowest BCUT2D eigenvalue weighted by Gasteiger charge is -2.22. The molecule has 1 aromatic carbocycles. The Morgan fingerprint density at radius 2 is 2.00 bits per heavy atom. The molecule has 0 radical (unpaired) electrons. The fourth-order valence-electron chi connectivity index (χ4n) is 3.06. The number of halogens is 1. The largest absolute Gasteiger partial charge is 0.455 e. The second kappa shape index (κ2) is 7.85. The highest BCUT2D eigenvalue weighted by molar-refractivity contribution is 9.10. The van der Waals surface area contributed by atoms with Crippen LogP contribution in [0.3, 0.4) is 0 Å². The van der Waals surface area contributed by atoms with Gasteiger partial charge in [0.25, 0.3) is 0 Å². The van der Waals surface area contributed by atoms with Gasteiger partial charge in [0.15, 0.2) is 0 Å². The van der Waals surface area contributed by atoms with Gasteiger partial charge in [-0.25, -0.2) is 0 Å². The van der Waals surface area contributed by atoms with Crippen molar-refractivity contribution >= 4 is 15.9 Å². The van der Waals surface area contributed by atoms with E-state index in [0.29, 0.717) is 11.5 Å². The average molecular weight is 405 g/mol. The van der Waals surface area contributed by atoms with Crippen molar-refractivity contribution in [2.24, 2.45) is 5.92 Å². The molecule has 1 aromatic heterocycles. The minimum Gasteiger partial charge on any atom is -0.455 e. The van der Waals surface area contributed by atoms with Gasteiger partial charge in [-0.1, -0.05) is 6.07 Å². The quantitative estimate of drug-likeness (QED) is 0.774. The van der Waals surface area contributed by atoms with Crippen molar-refractivity contribution in [1.29, 1.82) is 0 Å². The summed E-state index contributed by atoms with van der Waals surface area (Å²) in [5.74, 6) is 2.15. The standard InChI is InChI=1S/C20H25BrN2O2/c1-20(2,24)15-3-6-19(18(21)12-15)25-17-5-4-16(23-13-17)11-14-7-9-22-10-8-14/h3-6,12-14,22,24H,7-11H2,1-2H3. The topological polar surface area (TPSA) is 54.4 Å². The van der Waals surface area contributed by atoms with Crippen molar-refractivity contribution < 1.29 is 9.84 Å². The second-order valence-corrected chi connectivity index (χ2v) is 8.04. The van der Waals surface area contributed by atoms with Crippen molar-refractivity contribution in [3.05, 3.63) is 52.3 Å². The number of rotatable bonds is 5. The molecule has 0 saturated carbocycles. The average Bonchev–Trinajstić information content (AvgIpc) is 2.58. The number of piperidine rings is 1.